The molecule has 5 rings (SSSR count). The second kappa shape index (κ2) is 8.76. The average molecular weight is 417 g/mol. The number of allylic oxidation sites excluding steroid dienone is 4. The highest BCUT2D eigenvalue weighted by atomic mass is 15.0. The summed E-state index contributed by atoms with van der Waals surface area (Å²) in [5.41, 5.74) is 9.99. The van der Waals surface area contributed by atoms with Crippen LogP contribution in [0.5, 0.6) is 0 Å². The summed E-state index contributed by atoms with van der Waals surface area (Å²) in [4.78, 5) is 0. The second-order valence-corrected chi connectivity index (χ2v) is 8.22. The highest BCUT2D eigenvalue weighted by Gasteiger charge is 2.16. The number of hydrogen-bond donors (Lipinski definition) is 1. The van der Waals surface area contributed by atoms with Crippen LogP contribution in [0.1, 0.15) is 37.1 Å². The van der Waals surface area contributed by atoms with Crippen LogP contribution in [-0.2, 0) is 6.42 Å². The normalized spacial score (nSPS) is 13.6. The summed E-state index contributed by atoms with van der Waals surface area (Å²) in [5, 5.41) is 4.92. The Bertz CT molecular complexity index is 1350. The SMILES string of the molecule is CCc1c(/C=C(\C)c2ccccc2NC2=CC=CC2)c2ccccc2n1-c1ccccc1. The number of fused-ring (bicyclic) bond motifs is 1. The fourth-order valence-corrected chi connectivity index (χ4v) is 4.64. The number of aromatic nitrogens is 1. The van der Waals surface area contributed by atoms with Gasteiger partial charge >= 0.3 is 0 Å². The first-order valence-corrected chi connectivity index (χ1v) is 11.3. The van der Waals surface area contributed by atoms with E-state index in [-0.39, 0.29) is 0 Å². The van der Waals surface area contributed by atoms with E-state index >= 15 is 0 Å². The van der Waals surface area contributed by atoms with Gasteiger partial charge in [0.15, 0.2) is 0 Å². The average Bonchev–Trinajstić information content (AvgIpc) is 3.46. The third-order valence-electron chi connectivity index (χ3n) is 6.14. The lowest BCUT2D eigenvalue weighted by atomic mass is 10.00. The lowest BCUT2D eigenvalue weighted by Gasteiger charge is -2.14. The predicted molar refractivity (Wildman–Crippen MR) is 138 cm³/mol. The molecule has 2 heteroatoms. The largest absolute Gasteiger partial charge is 0.358 e. The molecule has 2 nitrogen and oxygen atoms in total. The zero-order valence-corrected chi connectivity index (χ0v) is 18.7. The number of para-hydroxylation sites is 3. The molecular weight excluding hydrogens is 388 g/mol. The molecule has 3 aromatic carbocycles. The third kappa shape index (κ3) is 3.69. The minimum Gasteiger partial charge on any atom is -0.358 e. The zero-order chi connectivity index (χ0) is 21.9. The standard InChI is InChI=1S/C30H28N2/c1-3-29-27(26-18-10-12-20-30(26)32(29)24-15-5-4-6-16-24)21-22(2)25-17-9-11-19-28(25)31-23-13-7-8-14-23/h4-13,15-21,31H,3,14H2,1-2H3/b22-21+. The molecular formula is C30H28N2. The van der Waals surface area contributed by atoms with Gasteiger partial charge in [0.05, 0.1) is 5.52 Å². The van der Waals surface area contributed by atoms with Gasteiger partial charge in [-0.05, 0) is 55.3 Å². The van der Waals surface area contributed by atoms with Gasteiger partial charge in [-0.25, -0.2) is 0 Å². The molecule has 1 aliphatic rings. The van der Waals surface area contributed by atoms with Gasteiger partial charge in [-0.1, -0.05) is 73.7 Å². The van der Waals surface area contributed by atoms with Gasteiger partial charge in [0.25, 0.3) is 0 Å². The molecule has 1 aromatic heterocycles. The van der Waals surface area contributed by atoms with Crippen molar-refractivity contribution in [2.45, 2.75) is 26.7 Å². The van der Waals surface area contributed by atoms with Crippen LogP contribution in [0.4, 0.5) is 5.69 Å². The van der Waals surface area contributed by atoms with Crippen LogP contribution < -0.4 is 5.32 Å². The van der Waals surface area contributed by atoms with Crippen molar-refractivity contribution in [1.29, 1.82) is 0 Å². The van der Waals surface area contributed by atoms with E-state index < -0.39 is 0 Å². The van der Waals surface area contributed by atoms with E-state index in [2.05, 4.69) is 127 Å². The molecule has 0 spiro atoms. The molecule has 0 saturated carbocycles. The summed E-state index contributed by atoms with van der Waals surface area (Å²) in [6, 6.07) is 28.0. The highest BCUT2D eigenvalue weighted by Crippen LogP contribution is 2.34. The molecule has 0 fully saturated rings. The number of benzene rings is 3. The van der Waals surface area contributed by atoms with E-state index in [0.717, 1.165) is 18.5 Å². The lowest BCUT2D eigenvalue weighted by Crippen LogP contribution is -2.00. The van der Waals surface area contributed by atoms with Crippen LogP contribution in [0.3, 0.4) is 0 Å². The molecule has 0 unspecified atom stereocenters. The molecule has 0 radical (unpaired) electrons. The Morgan fingerprint density at radius 3 is 2.47 bits per heavy atom. The van der Waals surface area contributed by atoms with Crippen LogP contribution in [-0.4, -0.2) is 4.57 Å². The maximum absolute atomic E-state index is 3.63. The minimum atomic E-state index is 0.959. The Kier molecular flexibility index (Phi) is 5.51. The molecule has 1 aliphatic carbocycles. The van der Waals surface area contributed by atoms with Gasteiger partial charge in [0, 0.05) is 45.7 Å². The van der Waals surface area contributed by atoms with E-state index in [0.29, 0.717) is 0 Å². The Morgan fingerprint density at radius 2 is 1.69 bits per heavy atom. The van der Waals surface area contributed by atoms with Gasteiger partial charge in [-0.3, -0.25) is 0 Å². The van der Waals surface area contributed by atoms with E-state index in [9.17, 15) is 0 Å². The Labute approximate surface area is 190 Å². The van der Waals surface area contributed by atoms with E-state index in [1.54, 1.807) is 0 Å². The number of nitrogens with one attached hydrogen (secondary N) is 1. The Balaban J connectivity index is 1.65. The summed E-state index contributed by atoms with van der Waals surface area (Å²) < 4.78 is 2.41. The van der Waals surface area contributed by atoms with Crippen molar-refractivity contribution in [3.8, 4) is 5.69 Å². The van der Waals surface area contributed by atoms with Gasteiger partial charge in [-0.15, -0.1) is 0 Å². The van der Waals surface area contributed by atoms with Crippen LogP contribution in [0.15, 0.2) is 103 Å². The highest BCUT2D eigenvalue weighted by molar-refractivity contribution is 5.98. The zero-order valence-electron chi connectivity index (χ0n) is 18.7. The van der Waals surface area contributed by atoms with Gasteiger partial charge < -0.3 is 9.88 Å². The van der Waals surface area contributed by atoms with E-state index in [1.165, 1.54) is 44.7 Å². The molecule has 4 aromatic rings. The summed E-state index contributed by atoms with van der Waals surface area (Å²) >= 11 is 0. The first-order chi connectivity index (χ1) is 15.8. The Morgan fingerprint density at radius 1 is 0.938 bits per heavy atom. The van der Waals surface area contributed by atoms with Crippen molar-refractivity contribution in [3.63, 3.8) is 0 Å². The fraction of sp³-hybridized carbons (Fsp3) is 0.133. The number of rotatable bonds is 6. The monoisotopic (exact) mass is 416 g/mol. The molecule has 32 heavy (non-hydrogen) atoms. The molecule has 0 atom stereocenters. The van der Waals surface area contributed by atoms with Crippen molar-refractivity contribution in [2.75, 3.05) is 5.32 Å². The van der Waals surface area contributed by atoms with Crippen molar-refractivity contribution < 1.29 is 0 Å². The maximum atomic E-state index is 3.63. The molecule has 0 amide bonds. The fourth-order valence-electron chi connectivity index (χ4n) is 4.64. The second-order valence-electron chi connectivity index (χ2n) is 8.22. The smallest absolute Gasteiger partial charge is 0.0537 e. The van der Waals surface area contributed by atoms with Crippen molar-refractivity contribution >= 4 is 28.2 Å². The molecule has 158 valence electrons. The van der Waals surface area contributed by atoms with Crippen LogP contribution >= 0.6 is 0 Å². The molecule has 0 aliphatic heterocycles. The summed E-state index contributed by atoms with van der Waals surface area (Å²) in [5.74, 6) is 0. The number of hydrogen-bond acceptors (Lipinski definition) is 1. The third-order valence-corrected chi connectivity index (χ3v) is 6.14. The molecule has 0 saturated heterocycles. The van der Waals surface area contributed by atoms with Gasteiger partial charge in [0.2, 0.25) is 0 Å². The summed E-state index contributed by atoms with van der Waals surface area (Å²) in [7, 11) is 0. The first kappa shape index (κ1) is 20.1. The van der Waals surface area contributed by atoms with E-state index in [4.69, 9.17) is 0 Å². The van der Waals surface area contributed by atoms with Crippen molar-refractivity contribution in [1.82, 2.24) is 4.57 Å². The first-order valence-electron chi connectivity index (χ1n) is 11.3. The van der Waals surface area contributed by atoms with Crippen LogP contribution in [0.25, 0.3) is 28.2 Å². The van der Waals surface area contributed by atoms with Gasteiger partial charge in [0.1, 0.15) is 0 Å². The molecule has 0 bridgehead atoms. The van der Waals surface area contributed by atoms with Crippen molar-refractivity contribution in [3.05, 3.63) is 120 Å². The quantitative estimate of drug-likeness (QED) is 0.337. The van der Waals surface area contributed by atoms with Gasteiger partial charge in [-0.2, -0.15) is 0 Å². The number of nitrogens with zero attached hydrogens (tertiary/aromatic N) is 1. The van der Waals surface area contributed by atoms with Crippen LogP contribution in [0, 0.1) is 0 Å². The molecule has 1 heterocycles. The number of anilines is 1. The predicted octanol–water partition coefficient (Wildman–Crippen LogP) is 8.01. The van der Waals surface area contributed by atoms with E-state index in [1.807, 2.05) is 0 Å². The summed E-state index contributed by atoms with van der Waals surface area (Å²) in [6.07, 6.45) is 10.7. The maximum Gasteiger partial charge on any atom is 0.0537 e. The topological polar surface area (TPSA) is 17.0 Å². The minimum absolute atomic E-state index is 0.959. The molecule has 1 N–H and O–H groups in total. The van der Waals surface area contributed by atoms with Crippen LogP contribution in [0.2, 0.25) is 0 Å². The lowest BCUT2D eigenvalue weighted by molar-refractivity contribution is 0.957. The van der Waals surface area contributed by atoms with Crippen molar-refractivity contribution in [2.24, 2.45) is 0 Å². The Hall–Kier alpha value is -3.78. The summed E-state index contributed by atoms with van der Waals surface area (Å²) in [6.45, 7) is 4.46.